The molecule has 0 amide bonds. The highest BCUT2D eigenvalue weighted by Gasteiger charge is 2.12. The van der Waals surface area contributed by atoms with Crippen molar-refractivity contribution in [3.05, 3.63) is 73.6 Å². The van der Waals surface area contributed by atoms with E-state index in [0.717, 1.165) is 5.56 Å². The van der Waals surface area contributed by atoms with E-state index < -0.39 is 0 Å². The molecule has 4 aromatic rings. The number of benzene rings is 2. The van der Waals surface area contributed by atoms with Gasteiger partial charge in [-0.05, 0) is 23.8 Å². The summed E-state index contributed by atoms with van der Waals surface area (Å²) in [7, 11) is 1.43. The molecule has 0 saturated carbocycles. The number of ether oxygens (including phenoxy) is 1. The molecule has 8 heteroatoms. The second-order valence-corrected chi connectivity index (χ2v) is 8.02. The third-order valence-corrected chi connectivity index (χ3v) is 5.97. The molecular formula is C22H17ClN2O4S. The van der Waals surface area contributed by atoms with Crippen LogP contribution in [0.15, 0.2) is 47.4 Å². The van der Waals surface area contributed by atoms with Crippen molar-refractivity contribution in [3.63, 3.8) is 0 Å². The highest BCUT2D eigenvalue weighted by Crippen LogP contribution is 2.35. The summed E-state index contributed by atoms with van der Waals surface area (Å²) in [6, 6.07) is 10.4. The fraction of sp³-hybridized carbons (Fsp3) is 0.136. The maximum absolute atomic E-state index is 12.8. The van der Waals surface area contributed by atoms with Crippen LogP contribution < -0.4 is 14.8 Å². The van der Waals surface area contributed by atoms with Crippen molar-refractivity contribution in [1.29, 1.82) is 0 Å². The number of ketones is 1. The van der Waals surface area contributed by atoms with Gasteiger partial charge in [-0.15, -0.1) is 0 Å². The molecule has 0 bridgehead atoms. The van der Waals surface area contributed by atoms with Crippen LogP contribution in [0.2, 0.25) is 5.02 Å². The first kappa shape index (κ1) is 20.1. The number of Topliss-reactive ketones (excluding diaryl/α,β-unsaturated/α-hetero) is 1. The molecule has 30 heavy (non-hydrogen) atoms. The van der Waals surface area contributed by atoms with E-state index in [2.05, 4.69) is 4.98 Å². The smallest absolute Gasteiger partial charge is 0.274 e. The molecule has 0 unspecified atom stereocenters. The van der Waals surface area contributed by atoms with Crippen LogP contribution in [-0.4, -0.2) is 27.4 Å². The lowest BCUT2D eigenvalue weighted by Crippen LogP contribution is -2.22. The Morgan fingerprint density at radius 3 is 2.67 bits per heavy atom. The Kier molecular flexibility index (Phi) is 5.32. The SMILES string of the molecule is CCC(=O)c1ccc(-c2cn3c(=O)/c(=C/c4cc(Cl)c(O)c(OC)c4)sc3n2)cc1. The molecule has 4 rings (SSSR count). The highest BCUT2D eigenvalue weighted by atomic mass is 35.5. The average molecular weight is 441 g/mol. The number of phenolic OH excluding ortho intramolecular Hbond substituents is 1. The van der Waals surface area contributed by atoms with Crippen molar-refractivity contribution in [3.8, 4) is 22.8 Å². The van der Waals surface area contributed by atoms with Gasteiger partial charge in [0.1, 0.15) is 0 Å². The molecule has 0 aliphatic rings. The summed E-state index contributed by atoms with van der Waals surface area (Å²) in [5.74, 6) is 0.172. The van der Waals surface area contributed by atoms with Gasteiger partial charge in [-0.3, -0.25) is 14.0 Å². The molecule has 152 valence electrons. The van der Waals surface area contributed by atoms with Gasteiger partial charge in [0.15, 0.2) is 22.2 Å². The number of methoxy groups -OCH3 is 1. The van der Waals surface area contributed by atoms with Gasteiger partial charge >= 0.3 is 0 Å². The molecule has 0 aliphatic carbocycles. The molecule has 6 nitrogen and oxygen atoms in total. The summed E-state index contributed by atoms with van der Waals surface area (Å²) in [6.45, 7) is 1.83. The third kappa shape index (κ3) is 3.58. The summed E-state index contributed by atoms with van der Waals surface area (Å²) in [4.78, 5) is 29.7. The molecule has 2 heterocycles. The molecule has 0 atom stereocenters. The number of phenols is 1. The van der Waals surface area contributed by atoms with Crippen LogP contribution in [0.25, 0.3) is 22.3 Å². The average Bonchev–Trinajstić information content (AvgIpc) is 3.29. The molecule has 2 aromatic carbocycles. The van der Waals surface area contributed by atoms with Crippen LogP contribution in [-0.2, 0) is 0 Å². The topological polar surface area (TPSA) is 80.9 Å². The van der Waals surface area contributed by atoms with Crippen molar-refractivity contribution in [2.75, 3.05) is 7.11 Å². The first-order valence-corrected chi connectivity index (χ1v) is 10.3. The Hall–Kier alpha value is -3.16. The van der Waals surface area contributed by atoms with E-state index in [1.165, 1.54) is 22.8 Å². The molecule has 0 aliphatic heterocycles. The number of hydrogen-bond acceptors (Lipinski definition) is 6. The van der Waals surface area contributed by atoms with Crippen LogP contribution in [0, 0.1) is 0 Å². The number of hydrogen-bond donors (Lipinski definition) is 1. The third-order valence-electron chi connectivity index (χ3n) is 4.70. The number of carbonyl (C=O) groups excluding carboxylic acids is 1. The predicted octanol–water partition coefficient (Wildman–Crippen LogP) is 3.93. The quantitative estimate of drug-likeness (QED) is 0.475. The number of fused-ring (bicyclic) bond motifs is 1. The van der Waals surface area contributed by atoms with Crippen LogP contribution >= 0.6 is 22.9 Å². The minimum Gasteiger partial charge on any atom is -0.503 e. The Balaban J connectivity index is 1.73. The largest absolute Gasteiger partial charge is 0.503 e. The van der Waals surface area contributed by atoms with E-state index in [9.17, 15) is 14.7 Å². The zero-order chi connectivity index (χ0) is 21.4. The Labute approximate surface area is 180 Å². The Morgan fingerprint density at radius 2 is 2.03 bits per heavy atom. The van der Waals surface area contributed by atoms with Crippen molar-refractivity contribution in [2.45, 2.75) is 13.3 Å². The lowest BCUT2D eigenvalue weighted by atomic mass is 10.1. The molecular weight excluding hydrogens is 424 g/mol. The maximum atomic E-state index is 12.8. The summed E-state index contributed by atoms with van der Waals surface area (Å²) >= 11 is 7.28. The molecule has 1 N–H and O–H groups in total. The van der Waals surface area contributed by atoms with Gasteiger partial charge in [0.25, 0.3) is 5.56 Å². The lowest BCUT2D eigenvalue weighted by Gasteiger charge is -2.05. The minimum absolute atomic E-state index is 0.0837. The van der Waals surface area contributed by atoms with E-state index in [1.807, 2.05) is 19.1 Å². The number of rotatable bonds is 5. The highest BCUT2D eigenvalue weighted by molar-refractivity contribution is 7.15. The molecule has 0 saturated heterocycles. The van der Waals surface area contributed by atoms with Crippen molar-refractivity contribution >= 4 is 39.8 Å². The first-order chi connectivity index (χ1) is 14.4. The van der Waals surface area contributed by atoms with Gasteiger partial charge in [-0.25, -0.2) is 4.98 Å². The molecule has 0 spiro atoms. The second-order valence-electron chi connectivity index (χ2n) is 6.60. The van der Waals surface area contributed by atoms with E-state index in [0.29, 0.717) is 32.7 Å². The number of carbonyl (C=O) groups is 1. The number of nitrogens with zero attached hydrogens (tertiary/aromatic N) is 2. The molecule has 2 aromatic heterocycles. The number of aromatic hydroxyl groups is 1. The lowest BCUT2D eigenvalue weighted by molar-refractivity contribution is 0.0988. The number of imidazole rings is 1. The van der Waals surface area contributed by atoms with Gasteiger partial charge in [0, 0.05) is 23.7 Å². The summed E-state index contributed by atoms with van der Waals surface area (Å²) in [5.41, 5.74) is 2.59. The van der Waals surface area contributed by atoms with Crippen LogP contribution in [0.1, 0.15) is 29.3 Å². The number of thiazole rings is 1. The van der Waals surface area contributed by atoms with E-state index in [1.54, 1.807) is 36.5 Å². The van der Waals surface area contributed by atoms with Crippen molar-refractivity contribution in [2.24, 2.45) is 0 Å². The van der Waals surface area contributed by atoms with Crippen LogP contribution in [0.4, 0.5) is 0 Å². The maximum Gasteiger partial charge on any atom is 0.274 e. The van der Waals surface area contributed by atoms with E-state index in [4.69, 9.17) is 16.3 Å². The van der Waals surface area contributed by atoms with Gasteiger partial charge in [-0.1, -0.05) is 54.1 Å². The standard InChI is InChI=1S/C22H17ClN2O4S/c1-3-17(26)14-6-4-13(5-7-14)16-11-25-21(28)19(30-22(25)24-16)10-12-8-15(23)20(27)18(9-12)29-2/h4-11,27H,3H2,1-2H3/b19-10-. The minimum atomic E-state index is -0.199. The van der Waals surface area contributed by atoms with Crippen LogP contribution in [0.5, 0.6) is 11.5 Å². The zero-order valence-electron chi connectivity index (χ0n) is 16.2. The Bertz CT molecular complexity index is 1370. The summed E-state index contributed by atoms with van der Waals surface area (Å²) in [5, 5.41) is 10.0. The van der Waals surface area contributed by atoms with E-state index in [-0.39, 0.29) is 27.9 Å². The number of aromatic nitrogens is 2. The predicted molar refractivity (Wildman–Crippen MR) is 118 cm³/mol. The molecule has 0 radical (unpaired) electrons. The van der Waals surface area contributed by atoms with Gasteiger partial charge in [0.05, 0.1) is 22.4 Å². The normalized spacial score (nSPS) is 11.9. The monoisotopic (exact) mass is 440 g/mol. The second kappa shape index (κ2) is 7.93. The fourth-order valence-electron chi connectivity index (χ4n) is 3.09. The summed E-state index contributed by atoms with van der Waals surface area (Å²) in [6.07, 6.45) is 3.82. The van der Waals surface area contributed by atoms with E-state index >= 15 is 0 Å². The zero-order valence-corrected chi connectivity index (χ0v) is 17.8. The van der Waals surface area contributed by atoms with Gasteiger partial charge in [-0.2, -0.15) is 0 Å². The first-order valence-electron chi connectivity index (χ1n) is 9.15. The molecule has 0 fully saturated rings. The van der Waals surface area contributed by atoms with Crippen LogP contribution in [0.3, 0.4) is 0 Å². The van der Waals surface area contributed by atoms with Gasteiger partial charge in [0.2, 0.25) is 0 Å². The Morgan fingerprint density at radius 1 is 1.30 bits per heavy atom. The van der Waals surface area contributed by atoms with Crippen molar-refractivity contribution in [1.82, 2.24) is 9.38 Å². The number of halogens is 1. The fourth-order valence-corrected chi connectivity index (χ4v) is 4.26. The van der Waals surface area contributed by atoms with Crippen molar-refractivity contribution < 1.29 is 14.6 Å². The van der Waals surface area contributed by atoms with Gasteiger partial charge < -0.3 is 9.84 Å². The summed E-state index contributed by atoms with van der Waals surface area (Å²) < 4.78 is 7.08.